The largest absolute Gasteiger partial charge is 0.444 e. The number of alkyl carbamates (subject to hydrolysis) is 1. The van der Waals surface area contributed by atoms with Crippen LogP contribution in [0.1, 0.15) is 27.7 Å². The van der Waals surface area contributed by atoms with Crippen molar-refractivity contribution in [2.45, 2.75) is 45.4 Å². The quantitative estimate of drug-likeness (QED) is 0.626. The molecule has 5 nitrogen and oxygen atoms in total. The second kappa shape index (κ2) is 6.50. The number of hydrogen-bond acceptors (Lipinski definition) is 4. The molecule has 0 aromatic carbocycles. The maximum Gasteiger partial charge on any atom is 0.408 e. The first-order chi connectivity index (χ1) is 7.30. The number of aliphatic hydroxyl groups excluding tert-OH is 2. The summed E-state index contributed by atoms with van der Waals surface area (Å²) in [5.41, 5.74) is -0.602. The monoisotopic (exact) mass is 231 g/mol. The molecule has 0 heterocycles. The van der Waals surface area contributed by atoms with Crippen molar-refractivity contribution >= 4 is 6.09 Å². The minimum atomic E-state index is -0.928. The first kappa shape index (κ1) is 14.9. The molecule has 16 heavy (non-hydrogen) atoms. The number of carbonyl (C=O) groups is 1. The number of ether oxygens (including phenoxy) is 1. The van der Waals surface area contributed by atoms with Crippen LogP contribution in [0.5, 0.6) is 0 Å². The maximum absolute atomic E-state index is 11.4. The number of amides is 1. The van der Waals surface area contributed by atoms with Gasteiger partial charge in [0.2, 0.25) is 0 Å². The fourth-order valence-corrected chi connectivity index (χ4v) is 1.03. The normalized spacial score (nSPS) is 15.9. The molecule has 1 amide bonds. The molecular weight excluding hydrogens is 210 g/mol. The van der Waals surface area contributed by atoms with Crippen molar-refractivity contribution in [3.05, 3.63) is 12.2 Å². The Morgan fingerprint density at radius 1 is 1.50 bits per heavy atom. The number of nitrogens with one attached hydrogen (secondary N) is 1. The molecule has 3 N–H and O–H groups in total. The van der Waals surface area contributed by atoms with E-state index in [0.717, 1.165) is 0 Å². The fourth-order valence-electron chi connectivity index (χ4n) is 1.03. The van der Waals surface area contributed by atoms with Gasteiger partial charge in [-0.15, -0.1) is 0 Å². The zero-order valence-corrected chi connectivity index (χ0v) is 10.2. The third-order valence-corrected chi connectivity index (χ3v) is 1.70. The zero-order valence-electron chi connectivity index (χ0n) is 10.2. The van der Waals surface area contributed by atoms with Gasteiger partial charge >= 0.3 is 6.09 Å². The Kier molecular flexibility index (Phi) is 6.06. The Morgan fingerprint density at radius 2 is 2.06 bits per heavy atom. The van der Waals surface area contributed by atoms with Gasteiger partial charge in [0.25, 0.3) is 0 Å². The van der Waals surface area contributed by atoms with Gasteiger partial charge in [-0.25, -0.2) is 4.79 Å². The highest BCUT2D eigenvalue weighted by Crippen LogP contribution is 2.07. The molecule has 0 bridgehead atoms. The van der Waals surface area contributed by atoms with Gasteiger partial charge in [-0.05, 0) is 27.7 Å². The predicted molar refractivity (Wildman–Crippen MR) is 61.1 cm³/mol. The first-order valence-corrected chi connectivity index (χ1v) is 5.21. The molecule has 2 atom stereocenters. The lowest BCUT2D eigenvalue weighted by Gasteiger charge is -2.24. The fraction of sp³-hybridized carbons (Fsp3) is 0.727. The van der Waals surface area contributed by atoms with Crippen LogP contribution in [0.2, 0.25) is 0 Å². The van der Waals surface area contributed by atoms with Crippen molar-refractivity contribution in [3.8, 4) is 0 Å². The Labute approximate surface area is 96.1 Å². The summed E-state index contributed by atoms with van der Waals surface area (Å²) in [6, 6.07) is -0.758. The van der Waals surface area contributed by atoms with Crippen LogP contribution in [0.15, 0.2) is 12.2 Å². The summed E-state index contributed by atoms with van der Waals surface area (Å²) in [4.78, 5) is 11.4. The minimum absolute atomic E-state index is 0.356. The Balaban J connectivity index is 4.27. The molecule has 2 unspecified atom stereocenters. The van der Waals surface area contributed by atoms with Gasteiger partial charge in [-0.3, -0.25) is 0 Å². The average molecular weight is 231 g/mol. The molecule has 94 valence electrons. The Hall–Kier alpha value is -1.07. The third kappa shape index (κ3) is 6.42. The van der Waals surface area contributed by atoms with E-state index in [4.69, 9.17) is 9.84 Å². The summed E-state index contributed by atoms with van der Waals surface area (Å²) in [6.45, 7) is 6.60. The van der Waals surface area contributed by atoms with Gasteiger partial charge in [0.05, 0.1) is 18.8 Å². The molecular formula is C11H21NO4. The average Bonchev–Trinajstić information content (AvgIpc) is 2.11. The van der Waals surface area contributed by atoms with Crippen LogP contribution in [-0.4, -0.2) is 40.7 Å². The predicted octanol–water partition coefficient (Wildman–Crippen LogP) is 0.809. The van der Waals surface area contributed by atoms with Crippen molar-refractivity contribution in [2.75, 3.05) is 6.61 Å². The molecule has 0 saturated heterocycles. The van der Waals surface area contributed by atoms with E-state index in [-0.39, 0.29) is 6.61 Å². The van der Waals surface area contributed by atoms with Gasteiger partial charge in [-0.1, -0.05) is 12.2 Å². The zero-order chi connectivity index (χ0) is 12.8. The van der Waals surface area contributed by atoms with Crippen molar-refractivity contribution in [1.82, 2.24) is 5.32 Å². The van der Waals surface area contributed by atoms with Gasteiger partial charge in [-0.2, -0.15) is 0 Å². The van der Waals surface area contributed by atoms with E-state index in [2.05, 4.69) is 5.32 Å². The van der Waals surface area contributed by atoms with Gasteiger partial charge in [0.15, 0.2) is 0 Å². The van der Waals surface area contributed by atoms with E-state index in [1.165, 1.54) is 6.08 Å². The maximum atomic E-state index is 11.4. The van der Waals surface area contributed by atoms with Crippen LogP contribution in [0, 0.1) is 0 Å². The summed E-state index contributed by atoms with van der Waals surface area (Å²) >= 11 is 0. The molecule has 0 aliphatic heterocycles. The number of allylic oxidation sites excluding steroid dienone is 1. The van der Waals surface area contributed by atoms with Crippen LogP contribution in [0.25, 0.3) is 0 Å². The van der Waals surface area contributed by atoms with E-state index in [0.29, 0.717) is 0 Å². The second-order valence-corrected chi connectivity index (χ2v) is 4.45. The number of carbonyl (C=O) groups excluding carboxylic acids is 1. The van der Waals surface area contributed by atoms with E-state index < -0.39 is 23.8 Å². The standard InChI is InChI=1S/C11H21NO4/c1-5-6-9(14)8(7-13)12-10(15)16-11(2,3)4/h5-6,8-9,13-14H,7H2,1-4H3,(H,12,15). The lowest BCUT2D eigenvalue weighted by molar-refractivity contribution is 0.0406. The topological polar surface area (TPSA) is 78.8 Å². The second-order valence-electron chi connectivity index (χ2n) is 4.45. The summed E-state index contributed by atoms with van der Waals surface area (Å²) in [5, 5.41) is 20.9. The van der Waals surface area contributed by atoms with Crippen molar-refractivity contribution in [1.29, 1.82) is 0 Å². The van der Waals surface area contributed by atoms with Crippen LogP contribution in [0.4, 0.5) is 4.79 Å². The molecule has 0 radical (unpaired) electrons. The van der Waals surface area contributed by atoms with Gasteiger partial charge in [0.1, 0.15) is 5.60 Å². The highest BCUT2D eigenvalue weighted by atomic mass is 16.6. The van der Waals surface area contributed by atoms with E-state index in [1.54, 1.807) is 33.8 Å². The number of aliphatic hydroxyl groups is 2. The molecule has 0 aliphatic carbocycles. The van der Waals surface area contributed by atoms with Crippen LogP contribution >= 0.6 is 0 Å². The SMILES string of the molecule is CC=CC(O)C(CO)NC(=O)OC(C)(C)C. The van der Waals surface area contributed by atoms with Gasteiger partial charge in [0, 0.05) is 0 Å². The van der Waals surface area contributed by atoms with Crippen molar-refractivity contribution in [3.63, 3.8) is 0 Å². The van der Waals surface area contributed by atoms with Crippen LogP contribution in [-0.2, 0) is 4.74 Å². The highest BCUT2D eigenvalue weighted by molar-refractivity contribution is 5.68. The first-order valence-electron chi connectivity index (χ1n) is 5.21. The summed E-state index contributed by atoms with van der Waals surface area (Å²) in [7, 11) is 0. The Morgan fingerprint density at radius 3 is 2.44 bits per heavy atom. The Bertz CT molecular complexity index is 245. The van der Waals surface area contributed by atoms with E-state index >= 15 is 0 Å². The van der Waals surface area contributed by atoms with Gasteiger partial charge < -0.3 is 20.3 Å². The highest BCUT2D eigenvalue weighted by Gasteiger charge is 2.22. The summed E-state index contributed by atoms with van der Waals surface area (Å²) in [6.07, 6.45) is 1.54. The molecule has 0 fully saturated rings. The minimum Gasteiger partial charge on any atom is -0.444 e. The summed E-state index contributed by atoms with van der Waals surface area (Å²) in [5.74, 6) is 0. The molecule has 0 saturated carbocycles. The lowest BCUT2D eigenvalue weighted by Crippen LogP contribution is -2.46. The van der Waals surface area contributed by atoms with Crippen LogP contribution < -0.4 is 5.32 Å². The number of hydrogen-bond donors (Lipinski definition) is 3. The van der Waals surface area contributed by atoms with Crippen LogP contribution in [0.3, 0.4) is 0 Å². The van der Waals surface area contributed by atoms with Crippen molar-refractivity contribution in [2.24, 2.45) is 0 Å². The molecule has 0 aliphatic rings. The third-order valence-electron chi connectivity index (χ3n) is 1.70. The lowest BCUT2D eigenvalue weighted by atomic mass is 10.1. The molecule has 5 heteroatoms. The molecule has 0 spiro atoms. The number of rotatable bonds is 4. The van der Waals surface area contributed by atoms with E-state index in [1.807, 2.05) is 0 Å². The van der Waals surface area contributed by atoms with E-state index in [9.17, 15) is 9.90 Å². The summed E-state index contributed by atoms with van der Waals surface area (Å²) < 4.78 is 5.00. The molecule has 0 aromatic heterocycles. The molecule has 0 aromatic rings. The molecule has 0 rings (SSSR count). The smallest absolute Gasteiger partial charge is 0.408 e. The van der Waals surface area contributed by atoms with Crippen molar-refractivity contribution < 1.29 is 19.7 Å².